The van der Waals surface area contributed by atoms with E-state index in [9.17, 15) is 4.79 Å². The Morgan fingerprint density at radius 2 is 2.24 bits per heavy atom. The monoisotopic (exact) mass is 339 g/mol. The van der Waals surface area contributed by atoms with Gasteiger partial charge in [-0.1, -0.05) is 0 Å². The largest absolute Gasteiger partial charge is 0.466 e. The topological polar surface area (TPSA) is 80.0 Å². The second kappa shape index (κ2) is 5.91. The summed E-state index contributed by atoms with van der Waals surface area (Å²) < 4.78 is 7.54. The summed E-state index contributed by atoms with van der Waals surface area (Å²) in [4.78, 5) is 22.3. The number of nitrogens with one attached hydrogen (secondary N) is 1. The normalized spacial score (nSPS) is 14.0. The number of H-pyrrole nitrogens is 1. The molecular weight excluding hydrogens is 318 g/mol. The van der Waals surface area contributed by atoms with Gasteiger partial charge >= 0.3 is 0 Å². The van der Waals surface area contributed by atoms with E-state index in [1.165, 1.54) is 5.69 Å². The van der Waals surface area contributed by atoms with Gasteiger partial charge in [0.15, 0.2) is 5.82 Å². The molecular formula is C18H21N5O2. The van der Waals surface area contributed by atoms with Crippen LogP contribution in [0.25, 0.3) is 11.5 Å². The Balaban J connectivity index is 1.70. The molecule has 3 aromatic rings. The summed E-state index contributed by atoms with van der Waals surface area (Å²) in [6, 6.07) is 1.82. The number of aromatic nitrogens is 4. The van der Waals surface area contributed by atoms with Gasteiger partial charge in [-0.3, -0.25) is 9.48 Å². The highest BCUT2D eigenvalue weighted by Crippen LogP contribution is 2.29. The molecule has 0 aromatic carbocycles. The van der Waals surface area contributed by atoms with E-state index in [1.54, 1.807) is 12.4 Å². The van der Waals surface area contributed by atoms with Crippen molar-refractivity contribution in [1.29, 1.82) is 0 Å². The highest BCUT2D eigenvalue weighted by atomic mass is 16.3. The van der Waals surface area contributed by atoms with Crippen LogP contribution in [0.4, 0.5) is 0 Å². The number of carbonyl (C=O) groups excluding carboxylic acids is 1. The van der Waals surface area contributed by atoms with Gasteiger partial charge in [-0.25, -0.2) is 4.98 Å². The molecule has 3 aromatic heterocycles. The van der Waals surface area contributed by atoms with Crippen LogP contribution < -0.4 is 0 Å². The first-order valence-electron chi connectivity index (χ1n) is 8.53. The molecule has 25 heavy (non-hydrogen) atoms. The number of aryl methyl sites for hydroxylation is 3. The van der Waals surface area contributed by atoms with Crippen LogP contribution in [0.2, 0.25) is 0 Å². The molecule has 0 saturated carbocycles. The molecule has 1 aliphatic rings. The summed E-state index contributed by atoms with van der Waals surface area (Å²) >= 11 is 0. The number of amides is 1. The first-order valence-corrected chi connectivity index (χ1v) is 8.53. The van der Waals surface area contributed by atoms with E-state index in [4.69, 9.17) is 9.52 Å². The summed E-state index contributed by atoms with van der Waals surface area (Å²) in [5.74, 6) is 2.18. The number of hydrogen-bond acceptors (Lipinski definition) is 4. The Hall–Kier alpha value is -2.83. The number of hydrogen-bond donors (Lipinski definition) is 1. The average molecular weight is 339 g/mol. The molecule has 0 fully saturated rings. The van der Waals surface area contributed by atoms with E-state index in [2.05, 4.69) is 16.9 Å². The van der Waals surface area contributed by atoms with Crippen LogP contribution in [0.15, 0.2) is 22.9 Å². The van der Waals surface area contributed by atoms with Crippen LogP contribution in [-0.2, 0) is 19.5 Å². The number of furan rings is 1. The number of fused-ring (bicyclic) bond motifs is 1. The molecule has 1 amide bonds. The molecule has 1 N–H and O–H groups in total. The Bertz CT molecular complexity index is 920. The van der Waals surface area contributed by atoms with Gasteiger partial charge in [-0.05, 0) is 26.8 Å². The van der Waals surface area contributed by atoms with Gasteiger partial charge in [0.2, 0.25) is 0 Å². The lowest BCUT2D eigenvalue weighted by Gasteiger charge is -2.27. The number of aromatic amines is 1. The Kier molecular flexibility index (Phi) is 3.71. The predicted molar refractivity (Wildman–Crippen MR) is 92.1 cm³/mol. The third-order valence-electron chi connectivity index (χ3n) is 4.71. The molecule has 0 saturated heterocycles. The van der Waals surface area contributed by atoms with E-state index in [0.29, 0.717) is 24.4 Å². The minimum absolute atomic E-state index is 0.00893. The van der Waals surface area contributed by atoms with E-state index in [1.807, 2.05) is 29.5 Å². The van der Waals surface area contributed by atoms with Crippen molar-refractivity contribution in [2.24, 2.45) is 0 Å². The van der Waals surface area contributed by atoms with Crippen LogP contribution in [-0.4, -0.2) is 37.1 Å². The smallest absolute Gasteiger partial charge is 0.257 e. The van der Waals surface area contributed by atoms with Crippen LogP contribution in [0.1, 0.15) is 40.1 Å². The molecule has 4 heterocycles. The maximum absolute atomic E-state index is 12.9. The fourth-order valence-corrected chi connectivity index (χ4v) is 3.52. The van der Waals surface area contributed by atoms with Gasteiger partial charge in [-0.2, -0.15) is 5.10 Å². The molecule has 0 unspecified atom stereocenters. The minimum Gasteiger partial charge on any atom is -0.466 e. The lowest BCUT2D eigenvalue weighted by Crippen LogP contribution is -2.36. The van der Waals surface area contributed by atoms with E-state index in [0.717, 1.165) is 35.8 Å². The third-order valence-corrected chi connectivity index (χ3v) is 4.71. The average Bonchev–Trinajstić information content (AvgIpc) is 3.31. The molecule has 1 aliphatic heterocycles. The summed E-state index contributed by atoms with van der Waals surface area (Å²) in [6.45, 7) is 7.79. The standard InChI is InChI=1S/C18H21N5O2/c1-4-23-15-5-8-22(18(24)13-9-11(2)25-12(13)3)10-14(15)16(21-23)17-19-6-7-20-17/h6-7,9H,4-5,8,10H2,1-3H3,(H,19,20). The van der Waals surface area contributed by atoms with Crippen LogP contribution in [0.3, 0.4) is 0 Å². The lowest BCUT2D eigenvalue weighted by molar-refractivity contribution is 0.0731. The summed E-state index contributed by atoms with van der Waals surface area (Å²) in [7, 11) is 0. The maximum Gasteiger partial charge on any atom is 0.257 e. The fraction of sp³-hybridized carbons (Fsp3) is 0.389. The first-order chi connectivity index (χ1) is 12.1. The molecule has 0 spiro atoms. The van der Waals surface area contributed by atoms with Crippen molar-refractivity contribution in [3.05, 3.63) is 46.8 Å². The van der Waals surface area contributed by atoms with Crippen LogP contribution in [0, 0.1) is 13.8 Å². The van der Waals surface area contributed by atoms with Crippen molar-refractivity contribution >= 4 is 5.91 Å². The zero-order chi connectivity index (χ0) is 17.6. The number of imidazole rings is 1. The van der Waals surface area contributed by atoms with Gasteiger partial charge in [-0.15, -0.1) is 0 Å². The summed E-state index contributed by atoms with van der Waals surface area (Å²) in [5.41, 5.74) is 3.75. The number of carbonyl (C=O) groups is 1. The summed E-state index contributed by atoms with van der Waals surface area (Å²) in [5, 5.41) is 4.71. The Labute approximate surface area is 145 Å². The third kappa shape index (κ3) is 2.56. The minimum atomic E-state index is 0.00893. The second-order valence-electron chi connectivity index (χ2n) is 6.33. The molecule has 130 valence electrons. The first kappa shape index (κ1) is 15.7. The van der Waals surface area contributed by atoms with Gasteiger partial charge in [0.05, 0.1) is 12.1 Å². The van der Waals surface area contributed by atoms with Crippen molar-refractivity contribution < 1.29 is 9.21 Å². The molecule has 0 atom stereocenters. The lowest BCUT2D eigenvalue weighted by atomic mass is 10.0. The van der Waals surface area contributed by atoms with Gasteiger partial charge in [0.1, 0.15) is 17.2 Å². The number of rotatable bonds is 3. The Morgan fingerprint density at radius 1 is 1.40 bits per heavy atom. The number of nitrogens with zero attached hydrogens (tertiary/aromatic N) is 4. The predicted octanol–water partition coefficient (Wildman–Crippen LogP) is 2.70. The quantitative estimate of drug-likeness (QED) is 0.795. The summed E-state index contributed by atoms with van der Waals surface area (Å²) in [6.07, 6.45) is 4.30. The van der Waals surface area contributed by atoms with Crippen molar-refractivity contribution in [2.75, 3.05) is 6.54 Å². The van der Waals surface area contributed by atoms with Crippen molar-refractivity contribution in [1.82, 2.24) is 24.6 Å². The van der Waals surface area contributed by atoms with Crippen molar-refractivity contribution in [3.8, 4) is 11.5 Å². The highest BCUT2D eigenvalue weighted by molar-refractivity contribution is 5.95. The van der Waals surface area contributed by atoms with E-state index >= 15 is 0 Å². The molecule has 7 heteroatoms. The van der Waals surface area contributed by atoms with Crippen molar-refractivity contribution in [3.63, 3.8) is 0 Å². The maximum atomic E-state index is 12.9. The second-order valence-corrected chi connectivity index (χ2v) is 6.33. The van der Waals surface area contributed by atoms with Crippen LogP contribution in [0.5, 0.6) is 0 Å². The molecule has 0 bridgehead atoms. The van der Waals surface area contributed by atoms with E-state index < -0.39 is 0 Å². The van der Waals surface area contributed by atoms with Gasteiger partial charge in [0.25, 0.3) is 5.91 Å². The Morgan fingerprint density at radius 3 is 2.88 bits per heavy atom. The molecule has 7 nitrogen and oxygen atoms in total. The van der Waals surface area contributed by atoms with E-state index in [-0.39, 0.29) is 5.91 Å². The fourth-order valence-electron chi connectivity index (χ4n) is 3.52. The molecule has 4 rings (SSSR count). The highest BCUT2D eigenvalue weighted by Gasteiger charge is 2.30. The zero-order valence-electron chi connectivity index (χ0n) is 14.7. The van der Waals surface area contributed by atoms with Gasteiger partial charge < -0.3 is 14.3 Å². The molecule has 0 aliphatic carbocycles. The van der Waals surface area contributed by atoms with Crippen LogP contribution >= 0.6 is 0 Å². The van der Waals surface area contributed by atoms with Crippen molar-refractivity contribution in [2.45, 2.75) is 40.3 Å². The van der Waals surface area contributed by atoms with Gasteiger partial charge in [0, 0.05) is 43.2 Å². The zero-order valence-corrected chi connectivity index (χ0v) is 14.7. The molecule has 0 radical (unpaired) electrons. The SMILES string of the molecule is CCn1nc(-c2ncc[nH]2)c2c1CCN(C(=O)c1cc(C)oc1C)C2.